The van der Waals surface area contributed by atoms with Gasteiger partial charge in [0.25, 0.3) is 5.56 Å². The Morgan fingerprint density at radius 1 is 1.03 bits per heavy atom. The molecule has 0 radical (unpaired) electrons. The number of aromatic amines is 1. The molecule has 39 heavy (non-hydrogen) atoms. The van der Waals surface area contributed by atoms with Gasteiger partial charge in [0.1, 0.15) is 24.1 Å². The topological polar surface area (TPSA) is 105 Å². The van der Waals surface area contributed by atoms with Crippen LogP contribution in [0.4, 0.5) is 5.69 Å². The van der Waals surface area contributed by atoms with Crippen molar-refractivity contribution >= 4 is 16.6 Å². The molecule has 1 atom stereocenters. The fourth-order valence-electron chi connectivity index (χ4n) is 5.48. The molecule has 10 nitrogen and oxygen atoms in total. The van der Waals surface area contributed by atoms with E-state index < -0.39 is 6.04 Å². The number of furan rings is 1. The second-order valence-electron chi connectivity index (χ2n) is 9.91. The number of rotatable bonds is 7. The number of tetrazole rings is 1. The number of piperazine rings is 1. The highest BCUT2D eigenvalue weighted by Gasteiger charge is 2.33. The van der Waals surface area contributed by atoms with Crippen molar-refractivity contribution in [3.05, 3.63) is 99.5 Å². The molecule has 0 spiro atoms. The van der Waals surface area contributed by atoms with E-state index in [9.17, 15) is 4.79 Å². The Morgan fingerprint density at radius 3 is 2.59 bits per heavy atom. The van der Waals surface area contributed by atoms with Gasteiger partial charge in [-0.25, -0.2) is 4.68 Å². The molecule has 1 saturated heterocycles. The Kier molecular flexibility index (Phi) is 6.62. The third kappa shape index (κ3) is 4.67. The molecule has 0 unspecified atom stereocenters. The number of nitrogens with zero attached hydrogens (tertiary/aromatic N) is 6. The molecule has 1 N–H and O–H groups in total. The molecule has 6 rings (SSSR count). The molecule has 3 aromatic heterocycles. The lowest BCUT2D eigenvalue weighted by Gasteiger charge is -2.40. The monoisotopic (exact) mass is 525 g/mol. The third-order valence-electron chi connectivity index (χ3n) is 7.56. The van der Waals surface area contributed by atoms with Crippen LogP contribution in [-0.2, 0) is 6.54 Å². The van der Waals surface area contributed by atoms with Crippen molar-refractivity contribution < 1.29 is 9.15 Å². The minimum Gasteiger partial charge on any atom is -0.495 e. The first kappa shape index (κ1) is 24.9. The average molecular weight is 526 g/mol. The first-order valence-electron chi connectivity index (χ1n) is 13.1. The average Bonchev–Trinajstić information content (AvgIpc) is 3.65. The van der Waals surface area contributed by atoms with Gasteiger partial charge < -0.3 is 19.0 Å². The molecule has 1 aliphatic heterocycles. The molecule has 0 aliphatic carbocycles. The van der Waals surface area contributed by atoms with Gasteiger partial charge in [0.15, 0.2) is 5.82 Å². The molecule has 10 heteroatoms. The van der Waals surface area contributed by atoms with Gasteiger partial charge in [-0.15, -0.1) is 5.10 Å². The summed E-state index contributed by atoms with van der Waals surface area (Å²) in [5, 5.41) is 13.7. The van der Waals surface area contributed by atoms with E-state index >= 15 is 0 Å². The van der Waals surface area contributed by atoms with Gasteiger partial charge in [0.05, 0.1) is 24.6 Å². The van der Waals surface area contributed by atoms with Crippen molar-refractivity contribution in [1.82, 2.24) is 30.1 Å². The fraction of sp³-hybridized carbons (Fsp3) is 0.310. The molecule has 1 aliphatic rings. The third-order valence-corrected chi connectivity index (χ3v) is 7.56. The molecule has 0 saturated carbocycles. The van der Waals surface area contributed by atoms with Crippen LogP contribution >= 0.6 is 0 Å². The molecule has 4 heterocycles. The van der Waals surface area contributed by atoms with E-state index in [1.54, 1.807) is 18.1 Å². The fourth-order valence-corrected chi connectivity index (χ4v) is 5.48. The Balaban J connectivity index is 1.41. The Bertz CT molecular complexity index is 1650. The van der Waals surface area contributed by atoms with Crippen molar-refractivity contribution in [2.75, 3.05) is 38.2 Å². The van der Waals surface area contributed by atoms with Crippen LogP contribution in [0.25, 0.3) is 10.9 Å². The van der Waals surface area contributed by atoms with Crippen LogP contribution in [0.3, 0.4) is 0 Å². The van der Waals surface area contributed by atoms with Crippen LogP contribution in [0, 0.1) is 13.8 Å². The molecule has 2 aromatic carbocycles. The second kappa shape index (κ2) is 10.4. The van der Waals surface area contributed by atoms with Crippen LogP contribution in [0.2, 0.25) is 0 Å². The summed E-state index contributed by atoms with van der Waals surface area (Å²) >= 11 is 0. The van der Waals surface area contributed by atoms with E-state index in [-0.39, 0.29) is 5.56 Å². The number of benzene rings is 2. The highest BCUT2D eigenvalue weighted by atomic mass is 16.5. The van der Waals surface area contributed by atoms with Gasteiger partial charge >= 0.3 is 0 Å². The van der Waals surface area contributed by atoms with Gasteiger partial charge in [-0.1, -0.05) is 24.3 Å². The quantitative estimate of drug-likeness (QED) is 0.343. The number of anilines is 1. The van der Waals surface area contributed by atoms with Crippen LogP contribution in [-0.4, -0.2) is 63.4 Å². The lowest BCUT2D eigenvalue weighted by molar-refractivity contribution is 0.199. The minimum absolute atomic E-state index is 0.138. The largest absolute Gasteiger partial charge is 0.495 e. The van der Waals surface area contributed by atoms with E-state index in [4.69, 9.17) is 9.15 Å². The van der Waals surface area contributed by atoms with E-state index in [1.165, 1.54) is 0 Å². The molecular weight excluding hydrogens is 494 g/mol. The number of H-pyrrole nitrogens is 1. The summed E-state index contributed by atoms with van der Waals surface area (Å²) in [6.45, 7) is 7.39. The van der Waals surface area contributed by atoms with Crippen LogP contribution < -0.4 is 15.2 Å². The van der Waals surface area contributed by atoms with Crippen LogP contribution in [0.15, 0.2) is 70.1 Å². The smallest absolute Gasteiger partial charge is 0.253 e. The summed E-state index contributed by atoms with van der Waals surface area (Å²) in [4.78, 5) is 21.4. The summed E-state index contributed by atoms with van der Waals surface area (Å²) in [7, 11) is 1.69. The number of para-hydroxylation sites is 2. The minimum atomic E-state index is -0.442. The Morgan fingerprint density at radius 2 is 1.82 bits per heavy atom. The summed E-state index contributed by atoms with van der Waals surface area (Å²) in [6.07, 6.45) is 1.63. The molecule has 200 valence electrons. The zero-order valence-electron chi connectivity index (χ0n) is 22.3. The van der Waals surface area contributed by atoms with Gasteiger partial charge in [-0.3, -0.25) is 9.69 Å². The Hall–Kier alpha value is -4.44. The van der Waals surface area contributed by atoms with Crippen molar-refractivity contribution in [3.63, 3.8) is 0 Å². The molecule has 1 fully saturated rings. The number of pyridine rings is 1. The summed E-state index contributed by atoms with van der Waals surface area (Å²) in [6, 6.07) is 17.5. The van der Waals surface area contributed by atoms with Gasteiger partial charge in [-0.05, 0) is 65.7 Å². The number of aromatic nitrogens is 5. The van der Waals surface area contributed by atoms with E-state index in [0.29, 0.717) is 31.0 Å². The van der Waals surface area contributed by atoms with Gasteiger partial charge in [0, 0.05) is 37.1 Å². The lowest BCUT2D eigenvalue weighted by atomic mass is 9.99. The van der Waals surface area contributed by atoms with Gasteiger partial charge in [0.2, 0.25) is 0 Å². The van der Waals surface area contributed by atoms with E-state index in [2.05, 4.69) is 49.4 Å². The van der Waals surface area contributed by atoms with Crippen LogP contribution in [0.1, 0.15) is 34.3 Å². The van der Waals surface area contributed by atoms with Crippen molar-refractivity contribution in [2.45, 2.75) is 26.4 Å². The molecule has 5 aromatic rings. The lowest BCUT2D eigenvalue weighted by Crippen LogP contribution is -2.49. The maximum absolute atomic E-state index is 13.7. The maximum atomic E-state index is 13.7. The maximum Gasteiger partial charge on any atom is 0.253 e. The highest BCUT2D eigenvalue weighted by molar-refractivity contribution is 5.85. The van der Waals surface area contributed by atoms with Crippen LogP contribution in [0.5, 0.6) is 5.75 Å². The predicted octanol–water partition coefficient (Wildman–Crippen LogP) is 3.69. The van der Waals surface area contributed by atoms with Crippen molar-refractivity contribution in [3.8, 4) is 5.75 Å². The Labute approximate surface area is 225 Å². The molecule has 0 amide bonds. The predicted molar refractivity (Wildman–Crippen MR) is 148 cm³/mol. The van der Waals surface area contributed by atoms with Gasteiger partial charge in [-0.2, -0.15) is 0 Å². The standard InChI is InChI=1S/C29H31N7O3/c1-19-10-11-20(2)26-22(19)17-23(29(37)30-26)27(28-31-32-33-36(28)18-21-7-6-16-39-21)35-14-12-34(13-15-35)24-8-4-5-9-25(24)38-3/h4-11,16-17,27H,12-15,18H2,1-3H3,(H,30,37)/t27-/m0/s1. The number of nitrogens with one attached hydrogen (secondary N) is 1. The molecular formula is C29H31N7O3. The SMILES string of the molecule is COc1ccccc1N1CCN([C@@H](c2cc3c(C)ccc(C)c3[nH]c2=O)c2nnnn2Cc2ccco2)CC1. The van der Waals surface area contributed by atoms with E-state index in [0.717, 1.165) is 52.3 Å². The highest BCUT2D eigenvalue weighted by Crippen LogP contribution is 2.32. The first-order chi connectivity index (χ1) is 19.0. The molecule has 0 bridgehead atoms. The number of ether oxygens (including phenoxy) is 1. The zero-order valence-corrected chi connectivity index (χ0v) is 22.3. The van der Waals surface area contributed by atoms with Crippen molar-refractivity contribution in [2.24, 2.45) is 0 Å². The number of methoxy groups -OCH3 is 1. The number of aryl methyl sites for hydroxylation is 2. The number of hydrogen-bond donors (Lipinski definition) is 1. The van der Waals surface area contributed by atoms with E-state index in [1.807, 2.05) is 49.4 Å². The number of hydrogen-bond acceptors (Lipinski definition) is 8. The first-order valence-corrected chi connectivity index (χ1v) is 13.1. The summed E-state index contributed by atoms with van der Waals surface area (Å²) in [5.74, 6) is 2.19. The summed E-state index contributed by atoms with van der Waals surface area (Å²) in [5.41, 5.74) is 4.54. The zero-order chi connectivity index (χ0) is 26.9. The summed E-state index contributed by atoms with van der Waals surface area (Å²) < 4.78 is 12.9. The normalized spacial score (nSPS) is 15.1. The number of fused-ring (bicyclic) bond motifs is 1. The van der Waals surface area contributed by atoms with Crippen molar-refractivity contribution in [1.29, 1.82) is 0 Å². The second-order valence-corrected chi connectivity index (χ2v) is 9.91.